The van der Waals surface area contributed by atoms with Crippen molar-refractivity contribution in [3.8, 4) is 5.75 Å². The molecule has 19 heavy (non-hydrogen) atoms. The van der Waals surface area contributed by atoms with Crippen molar-refractivity contribution in [2.45, 2.75) is 6.42 Å². The number of nitrogens with one attached hydrogen (secondary N) is 1. The van der Waals surface area contributed by atoms with E-state index in [-0.39, 0.29) is 0 Å². The second kappa shape index (κ2) is 6.32. The Kier molecular flexibility index (Phi) is 4.27. The van der Waals surface area contributed by atoms with E-state index < -0.39 is 0 Å². The van der Waals surface area contributed by atoms with Gasteiger partial charge >= 0.3 is 0 Å². The molecule has 0 atom stereocenters. The number of ether oxygens (including phenoxy) is 1. The Labute approximate surface area is 117 Å². The standard InChI is InChI=1S/C14H19N3OS/c1(6-17-7-4-15-5-8-17)9-18-12-2-3-13-14(10-12)19-11-16-13/h2-3,10-11,15H,1,4-9H2. The zero-order valence-corrected chi connectivity index (χ0v) is 11.8. The molecule has 0 radical (unpaired) electrons. The van der Waals surface area contributed by atoms with Gasteiger partial charge in [0, 0.05) is 32.7 Å². The molecular formula is C14H19N3OS. The van der Waals surface area contributed by atoms with E-state index in [1.165, 1.54) is 4.70 Å². The summed E-state index contributed by atoms with van der Waals surface area (Å²) in [6.07, 6.45) is 1.08. The minimum Gasteiger partial charge on any atom is -0.493 e. The lowest BCUT2D eigenvalue weighted by Gasteiger charge is -2.26. The fourth-order valence-electron chi connectivity index (χ4n) is 2.34. The lowest BCUT2D eigenvalue weighted by molar-refractivity contribution is 0.214. The van der Waals surface area contributed by atoms with Crippen LogP contribution in [0.2, 0.25) is 0 Å². The van der Waals surface area contributed by atoms with Crippen molar-refractivity contribution in [2.24, 2.45) is 0 Å². The molecule has 1 saturated heterocycles. The van der Waals surface area contributed by atoms with Gasteiger partial charge in [0.1, 0.15) is 5.75 Å². The third-order valence-corrected chi connectivity index (χ3v) is 4.19. The number of fused-ring (bicyclic) bond motifs is 1. The molecule has 3 rings (SSSR count). The monoisotopic (exact) mass is 277 g/mol. The Morgan fingerprint density at radius 2 is 2.21 bits per heavy atom. The number of thiazole rings is 1. The molecule has 1 aromatic heterocycles. The third-order valence-electron chi connectivity index (χ3n) is 3.40. The summed E-state index contributed by atoms with van der Waals surface area (Å²) in [7, 11) is 0. The van der Waals surface area contributed by atoms with E-state index in [0.717, 1.165) is 57.0 Å². The smallest absolute Gasteiger partial charge is 0.120 e. The molecule has 0 saturated carbocycles. The zero-order valence-electron chi connectivity index (χ0n) is 11.0. The van der Waals surface area contributed by atoms with Crippen LogP contribution in [0.3, 0.4) is 0 Å². The van der Waals surface area contributed by atoms with Crippen LogP contribution in [0.5, 0.6) is 5.75 Å². The molecule has 1 aliphatic rings. The number of aromatic nitrogens is 1. The summed E-state index contributed by atoms with van der Waals surface area (Å²) in [6, 6.07) is 6.11. The highest BCUT2D eigenvalue weighted by atomic mass is 32.1. The van der Waals surface area contributed by atoms with Crippen LogP contribution < -0.4 is 10.1 Å². The average Bonchev–Trinajstić information content (AvgIpc) is 2.92. The van der Waals surface area contributed by atoms with Gasteiger partial charge in [-0.25, -0.2) is 4.98 Å². The van der Waals surface area contributed by atoms with E-state index in [1.54, 1.807) is 11.3 Å². The summed E-state index contributed by atoms with van der Waals surface area (Å²) in [6.45, 7) is 6.46. The van der Waals surface area contributed by atoms with E-state index in [4.69, 9.17) is 4.74 Å². The van der Waals surface area contributed by atoms with Gasteiger partial charge in [-0.1, -0.05) is 0 Å². The van der Waals surface area contributed by atoms with Gasteiger partial charge in [0.25, 0.3) is 0 Å². The Balaban J connectivity index is 1.43. The number of nitrogens with zero attached hydrogens (tertiary/aromatic N) is 2. The molecule has 1 aliphatic heterocycles. The van der Waals surface area contributed by atoms with E-state index in [0.29, 0.717) is 0 Å². The molecule has 2 heterocycles. The highest BCUT2D eigenvalue weighted by Gasteiger charge is 2.08. The largest absolute Gasteiger partial charge is 0.493 e. The number of rotatable bonds is 5. The highest BCUT2D eigenvalue weighted by molar-refractivity contribution is 7.16. The lowest BCUT2D eigenvalue weighted by Crippen LogP contribution is -2.43. The Morgan fingerprint density at radius 1 is 1.32 bits per heavy atom. The van der Waals surface area contributed by atoms with Crippen LogP contribution in [0.15, 0.2) is 23.7 Å². The average molecular weight is 277 g/mol. The Morgan fingerprint density at radius 3 is 3.11 bits per heavy atom. The fourth-order valence-corrected chi connectivity index (χ4v) is 3.04. The molecule has 2 aromatic rings. The minimum atomic E-state index is 0.786. The van der Waals surface area contributed by atoms with E-state index in [2.05, 4.69) is 21.3 Å². The summed E-state index contributed by atoms with van der Waals surface area (Å²) in [5.41, 5.74) is 2.93. The topological polar surface area (TPSA) is 37.4 Å². The molecule has 0 unspecified atom stereocenters. The van der Waals surface area contributed by atoms with Crippen molar-refractivity contribution >= 4 is 21.6 Å². The first-order valence-corrected chi connectivity index (χ1v) is 7.69. The Bertz CT molecular complexity index is 522. The second-order valence-electron chi connectivity index (χ2n) is 4.78. The predicted octanol–water partition coefficient (Wildman–Crippen LogP) is 1.97. The quantitative estimate of drug-likeness (QED) is 0.848. The fraction of sp³-hybridized carbons (Fsp3) is 0.500. The van der Waals surface area contributed by atoms with Crippen LogP contribution in [0, 0.1) is 0 Å². The number of benzene rings is 1. The number of hydrogen-bond donors (Lipinski definition) is 1. The summed E-state index contributed by atoms with van der Waals surface area (Å²) in [5, 5.41) is 3.37. The van der Waals surface area contributed by atoms with Gasteiger partial charge in [-0.2, -0.15) is 0 Å². The molecule has 102 valence electrons. The molecule has 1 N–H and O–H groups in total. The highest BCUT2D eigenvalue weighted by Crippen LogP contribution is 2.23. The van der Waals surface area contributed by atoms with Crippen LogP contribution in [0.1, 0.15) is 6.42 Å². The predicted molar refractivity (Wildman–Crippen MR) is 79.0 cm³/mol. The summed E-state index contributed by atoms with van der Waals surface area (Å²) in [4.78, 5) is 6.76. The first kappa shape index (κ1) is 12.8. The van der Waals surface area contributed by atoms with Crippen LogP contribution in [0.25, 0.3) is 10.2 Å². The van der Waals surface area contributed by atoms with Crippen LogP contribution >= 0.6 is 11.3 Å². The van der Waals surface area contributed by atoms with Crippen molar-refractivity contribution in [1.29, 1.82) is 0 Å². The van der Waals surface area contributed by atoms with Gasteiger partial charge < -0.3 is 15.0 Å². The molecule has 0 amide bonds. The molecule has 1 fully saturated rings. The number of piperazine rings is 1. The maximum atomic E-state index is 5.81. The lowest BCUT2D eigenvalue weighted by atomic mass is 10.3. The number of hydrogen-bond acceptors (Lipinski definition) is 5. The Hall–Kier alpha value is -1.17. The van der Waals surface area contributed by atoms with Crippen molar-refractivity contribution < 1.29 is 4.74 Å². The van der Waals surface area contributed by atoms with Crippen molar-refractivity contribution in [2.75, 3.05) is 39.3 Å². The summed E-state index contributed by atoms with van der Waals surface area (Å²) >= 11 is 1.66. The first-order valence-electron chi connectivity index (χ1n) is 6.81. The molecule has 5 heteroatoms. The molecule has 0 aliphatic carbocycles. The van der Waals surface area contributed by atoms with Crippen molar-refractivity contribution in [3.63, 3.8) is 0 Å². The van der Waals surface area contributed by atoms with Crippen LogP contribution in [-0.4, -0.2) is 49.2 Å². The van der Waals surface area contributed by atoms with Crippen LogP contribution in [0.4, 0.5) is 0 Å². The normalized spacial score (nSPS) is 16.8. The molecule has 0 spiro atoms. The van der Waals surface area contributed by atoms with Gasteiger partial charge in [0.05, 0.1) is 22.3 Å². The molecule has 1 aromatic carbocycles. The maximum Gasteiger partial charge on any atom is 0.120 e. The molecular weight excluding hydrogens is 258 g/mol. The van der Waals surface area contributed by atoms with Gasteiger partial charge in [-0.3, -0.25) is 0 Å². The molecule has 0 bridgehead atoms. The summed E-state index contributed by atoms with van der Waals surface area (Å²) < 4.78 is 7.01. The van der Waals surface area contributed by atoms with Gasteiger partial charge in [0.2, 0.25) is 0 Å². The van der Waals surface area contributed by atoms with Gasteiger partial charge in [-0.15, -0.1) is 11.3 Å². The maximum absolute atomic E-state index is 5.81. The van der Waals surface area contributed by atoms with E-state index in [9.17, 15) is 0 Å². The second-order valence-corrected chi connectivity index (χ2v) is 5.66. The minimum absolute atomic E-state index is 0.786. The first-order chi connectivity index (χ1) is 9.42. The summed E-state index contributed by atoms with van der Waals surface area (Å²) in [5.74, 6) is 0.956. The van der Waals surface area contributed by atoms with Crippen molar-refractivity contribution in [3.05, 3.63) is 23.7 Å². The SMILES string of the molecule is c1nc2ccc(OCCCN3CCNCC3)cc2s1. The van der Waals surface area contributed by atoms with Crippen molar-refractivity contribution in [1.82, 2.24) is 15.2 Å². The van der Waals surface area contributed by atoms with Gasteiger partial charge in [0.15, 0.2) is 0 Å². The third kappa shape index (κ3) is 3.43. The van der Waals surface area contributed by atoms with Crippen LogP contribution in [-0.2, 0) is 0 Å². The zero-order chi connectivity index (χ0) is 12.9. The molecule has 4 nitrogen and oxygen atoms in total. The van der Waals surface area contributed by atoms with E-state index >= 15 is 0 Å². The van der Waals surface area contributed by atoms with Gasteiger partial charge in [-0.05, 0) is 24.6 Å². The van der Waals surface area contributed by atoms with E-state index in [1.807, 2.05) is 17.6 Å².